The van der Waals surface area contributed by atoms with Gasteiger partial charge in [-0.05, 0) is 49.1 Å². The number of hydrogen-bond donors (Lipinski definition) is 1. The van der Waals surface area contributed by atoms with Crippen LogP contribution in [-0.2, 0) is 6.54 Å². The molecular formula is C18H23N3. The van der Waals surface area contributed by atoms with Crippen LogP contribution in [0, 0.1) is 6.92 Å². The van der Waals surface area contributed by atoms with E-state index >= 15 is 0 Å². The second kappa shape index (κ2) is 6.27. The topological polar surface area (TPSA) is 28.2 Å². The molecule has 0 saturated carbocycles. The van der Waals surface area contributed by atoms with Crippen LogP contribution in [0.15, 0.2) is 42.6 Å². The van der Waals surface area contributed by atoms with Crippen LogP contribution in [0.4, 0.5) is 5.82 Å². The zero-order valence-corrected chi connectivity index (χ0v) is 12.8. The van der Waals surface area contributed by atoms with Crippen LogP contribution in [0.1, 0.15) is 35.6 Å². The van der Waals surface area contributed by atoms with Crippen molar-refractivity contribution < 1.29 is 0 Å². The molecule has 0 radical (unpaired) electrons. The molecule has 1 N–H and O–H groups in total. The average molecular weight is 281 g/mol. The maximum absolute atomic E-state index is 4.51. The number of hydrogen-bond acceptors (Lipinski definition) is 3. The quantitative estimate of drug-likeness (QED) is 0.924. The molecule has 3 nitrogen and oxygen atoms in total. The van der Waals surface area contributed by atoms with Crippen molar-refractivity contribution in [2.24, 2.45) is 0 Å². The Morgan fingerprint density at radius 3 is 2.81 bits per heavy atom. The molecule has 0 aliphatic carbocycles. The van der Waals surface area contributed by atoms with Gasteiger partial charge in [0.2, 0.25) is 0 Å². The lowest BCUT2D eigenvalue weighted by Crippen LogP contribution is -2.23. The Bertz CT molecular complexity index is 595. The van der Waals surface area contributed by atoms with Gasteiger partial charge in [0.25, 0.3) is 0 Å². The van der Waals surface area contributed by atoms with Crippen molar-refractivity contribution in [3.8, 4) is 0 Å². The van der Waals surface area contributed by atoms with Crippen molar-refractivity contribution >= 4 is 5.82 Å². The molecule has 1 aromatic carbocycles. The summed E-state index contributed by atoms with van der Waals surface area (Å²) in [6.07, 6.45) is 4.55. The molecule has 0 amide bonds. The fraction of sp³-hybridized carbons (Fsp3) is 0.389. The Hall–Kier alpha value is -1.87. The van der Waals surface area contributed by atoms with Crippen molar-refractivity contribution in [2.75, 3.05) is 18.9 Å². The van der Waals surface area contributed by atoms with Crippen LogP contribution in [0.3, 0.4) is 0 Å². The molecule has 1 aliphatic rings. The Kier molecular flexibility index (Phi) is 4.20. The Morgan fingerprint density at radius 2 is 2.10 bits per heavy atom. The molecule has 2 aromatic rings. The molecule has 1 aliphatic heterocycles. The van der Waals surface area contributed by atoms with Gasteiger partial charge in [-0.25, -0.2) is 4.98 Å². The molecule has 0 unspecified atom stereocenters. The molecule has 2 heterocycles. The molecule has 3 rings (SSSR count). The number of nitrogens with zero attached hydrogens (tertiary/aromatic N) is 2. The van der Waals surface area contributed by atoms with Gasteiger partial charge < -0.3 is 5.32 Å². The number of nitrogens with one attached hydrogen (secondary N) is 1. The van der Waals surface area contributed by atoms with E-state index in [0.29, 0.717) is 6.04 Å². The summed E-state index contributed by atoms with van der Waals surface area (Å²) in [4.78, 5) is 7.09. The third kappa shape index (κ3) is 3.08. The third-order valence-corrected chi connectivity index (χ3v) is 4.36. The first-order valence-corrected chi connectivity index (χ1v) is 7.70. The lowest BCUT2D eigenvalue weighted by molar-refractivity contribution is 0.247. The van der Waals surface area contributed by atoms with E-state index in [0.717, 1.165) is 12.4 Å². The standard InChI is InChI=1S/C18H23N3/c1-14-11-18(19-2)20-12-16(14)17-9-6-10-21(17)13-15-7-4-3-5-8-15/h3-5,7-8,11-12,17H,6,9-10,13H2,1-2H3,(H,19,20)/t17-/m1/s1. The van der Waals surface area contributed by atoms with Gasteiger partial charge in [-0.1, -0.05) is 30.3 Å². The van der Waals surface area contributed by atoms with Gasteiger partial charge in [-0.3, -0.25) is 4.90 Å². The molecule has 0 bridgehead atoms. The van der Waals surface area contributed by atoms with Crippen LogP contribution in [0.5, 0.6) is 0 Å². The van der Waals surface area contributed by atoms with Crippen molar-refractivity contribution in [1.29, 1.82) is 0 Å². The van der Waals surface area contributed by atoms with Gasteiger partial charge >= 0.3 is 0 Å². The SMILES string of the molecule is CNc1cc(C)c([C@H]2CCCN2Cc2ccccc2)cn1. The van der Waals surface area contributed by atoms with E-state index in [1.54, 1.807) is 0 Å². The van der Waals surface area contributed by atoms with Crippen LogP contribution >= 0.6 is 0 Å². The lowest BCUT2D eigenvalue weighted by atomic mass is 10.0. The molecule has 1 atom stereocenters. The van der Waals surface area contributed by atoms with Crippen molar-refractivity contribution in [3.63, 3.8) is 0 Å². The zero-order chi connectivity index (χ0) is 14.7. The maximum Gasteiger partial charge on any atom is 0.125 e. The van der Waals surface area contributed by atoms with Crippen molar-refractivity contribution in [2.45, 2.75) is 32.4 Å². The molecule has 1 fully saturated rings. The van der Waals surface area contributed by atoms with E-state index in [1.807, 2.05) is 7.05 Å². The maximum atomic E-state index is 4.51. The summed E-state index contributed by atoms with van der Waals surface area (Å²) in [5.74, 6) is 0.948. The number of anilines is 1. The van der Waals surface area contributed by atoms with E-state index in [4.69, 9.17) is 0 Å². The number of pyridine rings is 1. The van der Waals surface area contributed by atoms with Crippen LogP contribution in [-0.4, -0.2) is 23.5 Å². The first-order chi connectivity index (χ1) is 10.3. The zero-order valence-electron chi connectivity index (χ0n) is 12.8. The number of rotatable bonds is 4. The summed E-state index contributed by atoms with van der Waals surface area (Å²) in [5, 5.41) is 3.11. The minimum Gasteiger partial charge on any atom is -0.373 e. The van der Waals surface area contributed by atoms with Gasteiger partial charge in [0.15, 0.2) is 0 Å². The normalized spacial score (nSPS) is 18.9. The highest BCUT2D eigenvalue weighted by Gasteiger charge is 2.27. The van der Waals surface area contributed by atoms with Crippen molar-refractivity contribution in [3.05, 3.63) is 59.3 Å². The molecule has 1 aromatic heterocycles. The lowest BCUT2D eigenvalue weighted by Gasteiger charge is -2.26. The first kappa shape index (κ1) is 14.1. The number of likely N-dealkylation sites (tertiary alicyclic amines) is 1. The second-order valence-corrected chi connectivity index (χ2v) is 5.79. The Balaban J connectivity index is 1.80. The Morgan fingerprint density at radius 1 is 1.29 bits per heavy atom. The van der Waals surface area contributed by atoms with Gasteiger partial charge in [0.05, 0.1) is 0 Å². The van der Waals surface area contributed by atoms with Crippen molar-refractivity contribution in [1.82, 2.24) is 9.88 Å². The smallest absolute Gasteiger partial charge is 0.125 e. The fourth-order valence-corrected chi connectivity index (χ4v) is 3.24. The minimum atomic E-state index is 0.503. The second-order valence-electron chi connectivity index (χ2n) is 5.79. The summed E-state index contributed by atoms with van der Waals surface area (Å²) >= 11 is 0. The van der Waals surface area contributed by atoms with Crippen LogP contribution < -0.4 is 5.32 Å². The van der Waals surface area contributed by atoms with Gasteiger partial charge in [-0.2, -0.15) is 0 Å². The van der Waals surface area contributed by atoms with Gasteiger partial charge in [0, 0.05) is 25.8 Å². The van der Waals surface area contributed by atoms with E-state index < -0.39 is 0 Å². The summed E-state index contributed by atoms with van der Waals surface area (Å²) in [7, 11) is 1.92. The highest BCUT2D eigenvalue weighted by atomic mass is 15.2. The van der Waals surface area contributed by atoms with E-state index in [1.165, 1.54) is 36.1 Å². The van der Waals surface area contributed by atoms with Crippen LogP contribution in [0.2, 0.25) is 0 Å². The predicted octanol–water partition coefficient (Wildman–Crippen LogP) is 3.77. The molecule has 110 valence electrons. The summed E-state index contributed by atoms with van der Waals surface area (Å²) < 4.78 is 0. The first-order valence-electron chi connectivity index (χ1n) is 7.70. The molecular weight excluding hydrogens is 258 g/mol. The molecule has 1 saturated heterocycles. The number of aromatic nitrogens is 1. The molecule has 0 spiro atoms. The summed E-state index contributed by atoms with van der Waals surface area (Å²) in [5.41, 5.74) is 4.10. The highest BCUT2D eigenvalue weighted by Crippen LogP contribution is 2.34. The largest absolute Gasteiger partial charge is 0.373 e. The van der Waals surface area contributed by atoms with E-state index in [-0.39, 0.29) is 0 Å². The Labute approximate surface area is 127 Å². The van der Waals surface area contributed by atoms with Gasteiger partial charge in [-0.15, -0.1) is 0 Å². The average Bonchev–Trinajstić information content (AvgIpc) is 2.96. The fourth-order valence-electron chi connectivity index (χ4n) is 3.24. The number of benzene rings is 1. The van der Waals surface area contributed by atoms with Gasteiger partial charge in [0.1, 0.15) is 5.82 Å². The third-order valence-electron chi connectivity index (χ3n) is 4.36. The number of aryl methyl sites for hydroxylation is 1. The van der Waals surface area contributed by atoms with E-state index in [9.17, 15) is 0 Å². The van der Waals surface area contributed by atoms with Crippen LogP contribution in [0.25, 0.3) is 0 Å². The summed E-state index contributed by atoms with van der Waals surface area (Å²) in [6, 6.07) is 13.4. The highest BCUT2D eigenvalue weighted by molar-refractivity contribution is 5.41. The monoisotopic (exact) mass is 281 g/mol. The minimum absolute atomic E-state index is 0.503. The summed E-state index contributed by atoms with van der Waals surface area (Å²) in [6.45, 7) is 4.39. The van der Waals surface area contributed by atoms with E-state index in [2.05, 4.69) is 64.7 Å². The molecule has 21 heavy (non-hydrogen) atoms. The predicted molar refractivity (Wildman–Crippen MR) is 87.3 cm³/mol. The molecule has 3 heteroatoms.